The van der Waals surface area contributed by atoms with Crippen molar-refractivity contribution >= 4 is 23.2 Å². The molecule has 110 valence electrons. The van der Waals surface area contributed by atoms with E-state index in [2.05, 4.69) is 6.58 Å². The molecule has 1 atom stereocenters. The molecule has 2 rings (SSSR count). The van der Waals surface area contributed by atoms with Gasteiger partial charge in [-0.25, -0.2) is 0 Å². The molecular formula is C17H16Cl2O2. The fraction of sp³-hybridized carbons (Fsp3) is 0.176. The van der Waals surface area contributed by atoms with Gasteiger partial charge in [0.2, 0.25) is 0 Å². The lowest BCUT2D eigenvalue weighted by Crippen LogP contribution is -2.00. The Morgan fingerprint density at radius 3 is 2.33 bits per heavy atom. The molecule has 0 aliphatic carbocycles. The van der Waals surface area contributed by atoms with E-state index in [0.717, 1.165) is 11.1 Å². The van der Waals surface area contributed by atoms with E-state index < -0.39 is 0 Å². The van der Waals surface area contributed by atoms with Crippen LogP contribution in [0.5, 0.6) is 11.5 Å². The minimum atomic E-state index is -0.0731. The summed E-state index contributed by atoms with van der Waals surface area (Å²) in [4.78, 5) is 0. The van der Waals surface area contributed by atoms with Crippen molar-refractivity contribution in [3.63, 3.8) is 0 Å². The molecule has 1 unspecified atom stereocenters. The topological polar surface area (TPSA) is 18.5 Å². The highest BCUT2D eigenvalue weighted by atomic mass is 35.5. The molecule has 2 nitrogen and oxygen atoms in total. The molecule has 0 aliphatic heterocycles. The molecule has 21 heavy (non-hydrogen) atoms. The first-order valence-electron chi connectivity index (χ1n) is 6.40. The molecule has 0 fully saturated rings. The molecule has 0 N–H and O–H groups in total. The van der Waals surface area contributed by atoms with Crippen molar-refractivity contribution in [1.82, 2.24) is 0 Å². The second-order valence-electron chi connectivity index (χ2n) is 4.49. The van der Waals surface area contributed by atoms with Crippen molar-refractivity contribution in [3.8, 4) is 11.5 Å². The summed E-state index contributed by atoms with van der Waals surface area (Å²) >= 11 is 12.4. The summed E-state index contributed by atoms with van der Waals surface area (Å²) < 4.78 is 10.6. The van der Waals surface area contributed by atoms with Crippen LogP contribution in [0.4, 0.5) is 0 Å². The molecule has 0 aromatic heterocycles. The first-order chi connectivity index (χ1) is 10.1. The highest BCUT2D eigenvalue weighted by Crippen LogP contribution is 2.37. The Morgan fingerprint density at radius 1 is 1.00 bits per heavy atom. The Morgan fingerprint density at radius 2 is 1.71 bits per heavy atom. The minimum absolute atomic E-state index is 0.0731. The first-order valence-corrected chi connectivity index (χ1v) is 7.15. The van der Waals surface area contributed by atoms with Gasteiger partial charge in [-0.3, -0.25) is 0 Å². The fourth-order valence-corrected chi connectivity index (χ4v) is 2.66. The second kappa shape index (κ2) is 6.88. The van der Waals surface area contributed by atoms with Crippen molar-refractivity contribution in [3.05, 3.63) is 70.2 Å². The van der Waals surface area contributed by atoms with Crippen LogP contribution in [-0.4, -0.2) is 14.2 Å². The SMILES string of the molecule is C=CC(c1ccc(OC)c(OC)c1)c1cc(Cl)ccc1Cl. The van der Waals surface area contributed by atoms with E-state index in [1.54, 1.807) is 26.4 Å². The molecule has 2 aromatic rings. The van der Waals surface area contributed by atoms with Crippen molar-refractivity contribution in [1.29, 1.82) is 0 Å². The average Bonchev–Trinajstić information content (AvgIpc) is 2.51. The van der Waals surface area contributed by atoms with Crippen molar-refractivity contribution in [2.45, 2.75) is 5.92 Å². The number of allylic oxidation sites excluding steroid dienone is 1. The number of hydrogen-bond acceptors (Lipinski definition) is 2. The van der Waals surface area contributed by atoms with E-state index >= 15 is 0 Å². The van der Waals surface area contributed by atoms with Gasteiger partial charge in [-0.2, -0.15) is 0 Å². The van der Waals surface area contributed by atoms with Gasteiger partial charge >= 0.3 is 0 Å². The van der Waals surface area contributed by atoms with Gasteiger partial charge in [0, 0.05) is 16.0 Å². The van der Waals surface area contributed by atoms with Crippen LogP contribution in [-0.2, 0) is 0 Å². The largest absolute Gasteiger partial charge is 0.493 e. The number of hydrogen-bond donors (Lipinski definition) is 0. The second-order valence-corrected chi connectivity index (χ2v) is 5.34. The number of halogens is 2. The lowest BCUT2D eigenvalue weighted by Gasteiger charge is -2.17. The predicted octanol–water partition coefficient (Wildman–Crippen LogP) is 5.33. The molecule has 0 bridgehead atoms. The Balaban J connectivity index is 2.51. The highest BCUT2D eigenvalue weighted by molar-refractivity contribution is 6.33. The monoisotopic (exact) mass is 322 g/mol. The Bertz CT molecular complexity index is 653. The smallest absolute Gasteiger partial charge is 0.161 e. The zero-order chi connectivity index (χ0) is 15.4. The molecule has 0 saturated carbocycles. The van der Waals surface area contributed by atoms with E-state index in [-0.39, 0.29) is 5.92 Å². The van der Waals surface area contributed by atoms with Gasteiger partial charge < -0.3 is 9.47 Å². The normalized spacial score (nSPS) is 11.8. The summed E-state index contributed by atoms with van der Waals surface area (Å²) in [5.74, 6) is 1.28. The predicted molar refractivity (Wildman–Crippen MR) is 88.0 cm³/mol. The van der Waals surface area contributed by atoms with Crippen LogP contribution in [0.2, 0.25) is 10.0 Å². The molecule has 0 spiro atoms. The maximum Gasteiger partial charge on any atom is 0.161 e. The summed E-state index contributed by atoms with van der Waals surface area (Å²) in [5.41, 5.74) is 1.92. The van der Waals surface area contributed by atoms with Gasteiger partial charge in [-0.15, -0.1) is 6.58 Å². The van der Waals surface area contributed by atoms with Gasteiger partial charge in [-0.05, 0) is 41.5 Å². The van der Waals surface area contributed by atoms with E-state index in [4.69, 9.17) is 32.7 Å². The van der Waals surface area contributed by atoms with Crippen LogP contribution in [0.1, 0.15) is 17.0 Å². The number of rotatable bonds is 5. The lowest BCUT2D eigenvalue weighted by atomic mass is 9.91. The molecule has 2 aromatic carbocycles. The Labute approximate surface area is 134 Å². The Hall–Kier alpha value is -1.64. The van der Waals surface area contributed by atoms with E-state index in [1.165, 1.54) is 0 Å². The third-order valence-electron chi connectivity index (χ3n) is 3.30. The number of methoxy groups -OCH3 is 2. The molecule has 4 heteroatoms. The number of benzene rings is 2. The van der Waals surface area contributed by atoms with Crippen LogP contribution < -0.4 is 9.47 Å². The summed E-state index contributed by atoms with van der Waals surface area (Å²) in [7, 11) is 3.22. The third kappa shape index (κ3) is 3.34. The first kappa shape index (κ1) is 15.7. The third-order valence-corrected chi connectivity index (χ3v) is 3.87. The zero-order valence-electron chi connectivity index (χ0n) is 11.9. The van der Waals surface area contributed by atoms with Crippen LogP contribution in [0.3, 0.4) is 0 Å². The van der Waals surface area contributed by atoms with Crippen molar-refractivity contribution in [2.24, 2.45) is 0 Å². The van der Waals surface area contributed by atoms with Gasteiger partial charge in [0.05, 0.1) is 14.2 Å². The standard InChI is InChI=1S/C17H16Cl2O2/c1-4-13(14-10-12(18)6-7-15(14)19)11-5-8-16(20-2)17(9-11)21-3/h4-10,13H,1H2,2-3H3. The average molecular weight is 323 g/mol. The summed E-state index contributed by atoms with van der Waals surface area (Å²) in [5, 5.41) is 1.29. The maximum atomic E-state index is 6.29. The van der Waals surface area contributed by atoms with Gasteiger partial charge in [0.15, 0.2) is 11.5 Å². The van der Waals surface area contributed by atoms with Crippen molar-refractivity contribution in [2.75, 3.05) is 14.2 Å². The van der Waals surface area contributed by atoms with E-state index in [0.29, 0.717) is 21.5 Å². The molecular weight excluding hydrogens is 307 g/mol. The van der Waals surface area contributed by atoms with Crippen molar-refractivity contribution < 1.29 is 9.47 Å². The van der Waals surface area contributed by atoms with E-state index in [9.17, 15) is 0 Å². The van der Waals surface area contributed by atoms with Gasteiger partial charge in [-0.1, -0.05) is 35.3 Å². The molecule has 0 amide bonds. The van der Waals surface area contributed by atoms with Gasteiger partial charge in [0.1, 0.15) is 0 Å². The van der Waals surface area contributed by atoms with Gasteiger partial charge in [0.25, 0.3) is 0 Å². The summed E-state index contributed by atoms with van der Waals surface area (Å²) in [6.07, 6.45) is 1.83. The van der Waals surface area contributed by atoms with Crippen LogP contribution in [0.15, 0.2) is 49.1 Å². The molecule has 0 heterocycles. The van der Waals surface area contributed by atoms with Crippen LogP contribution >= 0.6 is 23.2 Å². The van der Waals surface area contributed by atoms with E-state index in [1.807, 2.05) is 30.3 Å². The molecule has 0 aliphatic rings. The number of ether oxygens (including phenoxy) is 2. The molecule has 0 saturated heterocycles. The zero-order valence-corrected chi connectivity index (χ0v) is 13.4. The fourth-order valence-electron chi connectivity index (χ4n) is 2.24. The minimum Gasteiger partial charge on any atom is -0.493 e. The maximum absolute atomic E-state index is 6.29. The Kier molecular flexibility index (Phi) is 5.16. The lowest BCUT2D eigenvalue weighted by molar-refractivity contribution is 0.354. The quantitative estimate of drug-likeness (QED) is 0.693. The van der Waals surface area contributed by atoms with Crippen LogP contribution in [0, 0.1) is 0 Å². The molecule has 0 radical (unpaired) electrons. The summed E-state index contributed by atoms with van der Waals surface area (Å²) in [6, 6.07) is 11.2. The highest BCUT2D eigenvalue weighted by Gasteiger charge is 2.16. The summed E-state index contributed by atoms with van der Waals surface area (Å²) in [6.45, 7) is 3.91. The van der Waals surface area contributed by atoms with Crippen LogP contribution in [0.25, 0.3) is 0 Å².